The minimum absolute atomic E-state index is 0.139. The number of hydrogen-bond acceptors (Lipinski definition) is 8. The van der Waals surface area contributed by atoms with Crippen LogP contribution in [0.3, 0.4) is 0 Å². The first kappa shape index (κ1) is 51.3. The van der Waals surface area contributed by atoms with E-state index in [0.717, 1.165) is 49.6 Å². The molecule has 0 aliphatic carbocycles. The van der Waals surface area contributed by atoms with Gasteiger partial charge in [0.1, 0.15) is 10.7 Å². The molecule has 0 bridgehead atoms. The number of unbranched alkanes of at least 4 members (excludes halogenated alkanes) is 1. The number of amides is 2. The fourth-order valence-corrected chi connectivity index (χ4v) is 5.67. The van der Waals surface area contributed by atoms with Gasteiger partial charge in [0.15, 0.2) is 0 Å². The summed E-state index contributed by atoms with van der Waals surface area (Å²) in [5.41, 5.74) is 25.1. The summed E-state index contributed by atoms with van der Waals surface area (Å²) in [7, 11) is 0. The van der Waals surface area contributed by atoms with E-state index in [2.05, 4.69) is 105 Å². The zero-order valence-electron chi connectivity index (χ0n) is 33.7. The van der Waals surface area contributed by atoms with Gasteiger partial charge in [0, 0.05) is 37.8 Å². The summed E-state index contributed by atoms with van der Waals surface area (Å²) in [5, 5.41) is 16.2. The van der Waals surface area contributed by atoms with Gasteiger partial charge in [-0.3, -0.25) is 9.59 Å². The van der Waals surface area contributed by atoms with Crippen molar-refractivity contribution >= 4 is 30.0 Å². The summed E-state index contributed by atoms with van der Waals surface area (Å²) in [6.45, 7) is 18.3. The smallest absolute Gasteiger partial charge is 0.207 e. The molecule has 2 aromatic rings. The second kappa shape index (κ2) is 32.8. The highest BCUT2D eigenvalue weighted by Gasteiger charge is 2.35. The molecular formula is C42H73N7O3S. The molecule has 11 N–H and O–H groups in total. The predicted octanol–water partition coefficient (Wildman–Crippen LogP) is 6.28. The molecule has 2 aromatic carbocycles. The van der Waals surface area contributed by atoms with Gasteiger partial charge in [-0.2, -0.15) is 0 Å². The van der Waals surface area contributed by atoms with Crippen LogP contribution in [0.2, 0.25) is 0 Å². The number of nitrogens with one attached hydrogen (secondary N) is 2. The standard InChI is InChI=1S/C15H28N4O2S.C15H24N2.C7H8.C4H10.CH3NO/c1-2-13(21)15(17)6-9-19(10-7-15)14(22)12(18-11-20)5-3-4-8-16;1-3-8-15(17-4-2)14(12-16)11-13-9-6-5-7-10-13;1-7-5-3-2-4-6-7;1-4(2)3;2-1-3/h2,11-12,21H,3-10,16-17H2,1H3,(H,18,20);5-10,14,17H,3-4,11-12,16H2,1-2H3;2-6H,1H3;4H,1-3H3;1H,(H2,2,3)/b13-2+;;;;. The summed E-state index contributed by atoms with van der Waals surface area (Å²) in [6.07, 6.45) is 10.8. The first-order valence-corrected chi connectivity index (χ1v) is 19.4. The summed E-state index contributed by atoms with van der Waals surface area (Å²) in [4.78, 5) is 22.2. The van der Waals surface area contributed by atoms with Crippen molar-refractivity contribution in [2.45, 2.75) is 105 Å². The third-order valence-corrected chi connectivity index (χ3v) is 8.60. The molecule has 0 spiro atoms. The third kappa shape index (κ3) is 25.0. The fraction of sp³-hybridized carbons (Fsp3) is 0.548. The zero-order valence-corrected chi connectivity index (χ0v) is 34.5. The van der Waals surface area contributed by atoms with E-state index < -0.39 is 5.54 Å². The van der Waals surface area contributed by atoms with Crippen LogP contribution in [0.5, 0.6) is 0 Å². The van der Waals surface area contributed by atoms with Gasteiger partial charge in [-0.25, -0.2) is 0 Å². The molecule has 1 saturated heterocycles. The molecule has 2 amide bonds. The van der Waals surface area contributed by atoms with Gasteiger partial charge in [0.05, 0.1) is 11.6 Å². The molecule has 11 heteroatoms. The van der Waals surface area contributed by atoms with Crippen molar-refractivity contribution in [1.82, 2.24) is 15.5 Å². The Morgan fingerprint density at radius 3 is 1.91 bits per heavy atom. The average Bonchev–Trinajstić information content (AvgIpc) is 3.14. The highest BCUT2D eigenvalue weighted by molar-refractivity contribution is 7.80. The summed E-state index contributed by atoms with van der Waals surface area (Å²) in [5.74, 6) is 1.47. The number of piperidine rings is 1. The number of likely N-dealkylation sites (tertiary alicyclic amines) is 1. The van der Waals surface area contributed by atoms with Crippen LogP contribution >= 0.6 is 12.2 Å². The molecule has 0 aromatic heterocycles. The van der Waals surface area contributed by atoms with Crippen LogP contribution in [0.25, 0.3) is 0 Å². The molecule has 0 radical (unpaired) electrons. The van der Waals surface area contributed by atoms with Crippen molar-refractivity contribution in [2.24, 2.45) is 34.8 Å². The van der Waals surface area contributed by atoms with Crippen molar-refractivity contribution in [2.75, 3.05) is 32.7 Å². The maximum Gasteiger partial charge on any atom is 0.207 e. The molecule has 1 fully saturated rings. The van der Waals surface area contributed by atoms with Gasteiger partial charge >= 0.3 is 0 Å². The second-order valence-corrected chi connectivity index (χ2v) is 13.9. The van der Waals surface area contributed by atoms with Gasteiger partial charge in [-0.15, -0.1) is 0 Å². The van der Waals surface area contributed by atoms with E-state index in [1.807, 2.05) is 24.3 Å². The van der Waals surface area contributed by atoms with Crippen molar-refractivity contribution in [3.63, 3.8) is 0 Å². The van der Waals surface area contributed by atoms with Crippen molar-refractivity contribution in [3.05, 3.63) is 95.4 Å². The average molecular weight is 756 g/mol. The van der Waals surface area contributed by atoms with Crippen LogP contribution in [0.1, 0.15) is 91.2 Å². The summed E-state index contributed by atoms with van der Waals surface area (Å²) < 4.78 is 0. The van der Waals surface area contributed by atoms with Gasteiger partial charge < -0.3 is 43.6 Å². The number of thiocarbonyl (C=S) groups is 1. The number of carbonyl (C=O) groups excluding carboxylic acids is 2. The number of primary amides is 1. The molecule has 3 rings (SSSR count). The summed E-state index contributed by atoms with van der Waals surface area (Å²) >= 11 is 5.53. The lowest BCUT2D eigenvalue weighted by atomic mass is 9.86. The van der Waals surface area contributed by atoms with Crippen LogP contribution < -0.4 is 33.6 Å². The minimum atomic E-state index is -0.659. The lowest BCUT2D eigenvalue weighted by molar-refractivity contribution is -0.110. The normalized spacial score (nSPS) is 14.5. The van der Waals surface area contributed by atoms with Crippen molar-refractivity contribution in [3.8, 4) is 0 Å². The number of rotatable bonds is 15. The Morgan fingerprint density at radius 2 is 1.51 bits per heavy atom. The number of aliphatic hydroxyl groups excluding tert-OH is 1. The molecule has 1 aliphatic rings. The number of aryl methyl sites for hydroxylation is 1. The van der Waals surface area contributed by atoms with E-state index in [-0.39, 0.29) is 18.2 Å². The quantitative estimate of drug-likeness (QED) is 0.0476. The maximum absolute atomic E-state index is 10.8. The fourth-order valence-electron chi connectivity index (χ4n) is 5.30. The Labute approximate surface area is 327 Å². The Morgan fingerprint density at radius 1 is 0.981 bits per heavy atom. The Balaban J connectivity index is 0. The molecule has 1 heterocycles. The molecule has 2 unspecified atom stereocenters. The van der Waals surface area contributed by atoms with Gasteiger partial charge in [-0.05, 0) is 89.8 Å². The number of hydrogen-bond donors (Lipinski definition) is 7. The minimum Gasteiger partial charge on any atom is -0.511 e. The number of carbonyl (C=O) groups is 2. The third-order valence-electron chi connectivity index (χ3n) is 8.06. The van der Waals surface area contributed by atoms with Crippen LogP contribution in [0, 0.1) is 18.8 Å². The SMILES string of the molecule is C/C=C(/O)C1(N)CCN(C(=S)C(CCCCN)NC=O)CC1.CC(C)C.CCC=C(NCC)C(CN)Cc1ccccc1.Cc1ccccc1.NC=O. The van der Waals surface area contributed by atoms with E-state index in [1.54, 1.807) is 13.0 Å². The summed E-state index contributed by atoms with van der Waals surface area (Å²) in [6, 6.07) is 20.7. The first-order valence-electron chi connectivity index (χ1n) is 19.0. The molecule has 1 aliphatic heterocycles. The predicted molar refractivity (Wildman–Crippen MR) is 229 cm³/mol. The largest absolute Gasteiger partial charge is 0.511 e. The topological polar surface area (TPSA) is 186 Å². The van der Waals surface area contributed by atoms with Crippen LogP contribution in [0.4, 0.5) is 0 Å². The number of aliphatic hydroxyl groups is 1. The van der Waals surface area contributed by atoms with Gasteiger partial charge in [-0.1, -0.05) is 112 Å². The number of allylic oxidation sites excluding steroid dienone is 2. The zero-order chi connectivity index (χ0) is 40.5. The molecular weight excluding hydrogens is 683 g/mol. The van der Waals surface area contributed by atoms with Crippen molar-refractivity contribution < 1.29 is 14.7 Å². The van der Waals surface area contributed by atoms with E-state index in [9.17, 15) is 9.90 Å². The maximum atomic E-state index is 10.8. The highest BCUT2D eigenvalue weighted by Crippen LogP contribution is 2.26. The van der Waals surface area contributed by atoms with E-state index in [4.69, 9.17) is 34.2 Å². The van der Waals surface area contributed by atoms with E-state index in [1.165, 1.54) is 16.8 Å². The van der Waals surface area contributed by atoms with Crippen molar-refractivity contribution in [1.29, 1.82) is 0 Å². The number of nitrogens with two attached hydrogens (primary N) is 4. The van der Waals surface area contributed by atoms with Gasteiger partial charge in [0.2, 0.25) is 12.8 Å². The highest BCUT2D eigenvalue weighted by atomic mass is 32.1. The monoisotopic (exact) mass is 756 g/mol. The Bertz CT molecular complexity index is 1250. The Kier molecular flexibility index (Phi) is 31.8. The van der Waals surface area contributed by atoms with E-state index >= 15 is 0 Å². The van der Waals surface area contributed by atoms with Gasteiger partial charge in [0.25, 0.3) is 0 Å². The molecule has 10 nitrogen and oxygen atoms in total. The van der Waals surface area contributed by atoms with Crippen LogP contribution in [-0.2, 0) is 16.0 Å². The lowest BCUT2D eigenvalue weighted by Crippen LogP contribution is -2.55. The number of nitrogens with zero attached hydrogens (tertiary/aromatic N) is 1. The molecule has 0 saturated carbocycles. The Hall–Kier alpha value is -3.77. The first-order chi connectivity index (χ1) is 25.3. The molecule has 300 valence electrons. The molecule has 53 heavy (non-hydrogen) atoms. The second-order valence-electron chi connectivity index (χ2n) is 13.5. The lowest BCUT2D eigenvalue weighted by Gasteiger charge is -2.41. The van der Waals surface area contributed by atoms with Crippen LogP contribution in [0.15, 0.2) is 84.3 Å². The van der Waals surface area contributed by atoms with Crippen LogP contribution in [-0.4, -0.2) is 72.1 Å². The van der Waals surface area contributed by atoms with E-state index in [0.29, 0.717) is 51.3 Å². The molecule has 2 atom stereocenters. The number of benzene rings is 2.